The minimum absolute atomic E-state index is 0.0140. The fourth-order valence-corrected chi connectivity index (χ4v) is 4.55. The number of amides is 2. The van der Waals surface area contributed by atoms with Crippen molar-refractivity contribution in [1.82, 2.24) is 25.5 Å². The smallest absolute Gasteiger partial charge is 0.251 e. The Morgan fingerprint density at radius 2 is 1.81 bits per heavy atom. The molecule has 0 saturated heterocycles. The summed E-state index contributed by atoms with van der Waals surface area (Å²) in [6, 6.07) is 11.3. The molecule has 3 aromatic heterocycles. The second-order valence-electron chi connectivity index (χ2n) is 9.11. The first-order valence-corrected chi connectivity index (χ1v) is 12.2. The van der Waals surface area contributed by atoms with Crippen LogP contribution < -0.4 is 10.2 Å². The molecule has 1 aliphatic carbocycles. The molecule has 1 aromatic carbocycles. The van der Waals surface area contributed by atoms with Gasteiger partial charge in [0.2, 0.25) is 5.82 Å². The number of furan rings is 2. The Hall–Kier alpha value is -4.28. The normalized spacial score (nSPS) is 14.6. The molecule has 192 valence electrons. The van der Waals surface area contributed by atoms with Crippen LogP contribution in [0.4, 0.5) is 10.1 Å². The lowest BCUT2D eigenvalue weighted by Crippen LogP contribution is -2.47. The number of carbonyl (C=O) groups is 2. The summed E-state index contributed by atoms with van der Waals surface area (Å²) < 4.78 is 26.4. The van der Waals surface area contributed by atoms with E-state index in [9.17, 15) is 9.59 Å². The number of para-hydroxylation sites is 1. The van der Waals surface area contributed by atoms with Crippen LogP contribution in [0.3, 0.4) is 0 Å². The minimum Gasteiger partial charge on any atom is -0.464 e. The Kier molecular flexibility index (Phi) is 6.85. The van der Waals surface area contributed by atoms with Crippen molar-refractivity contribution in [2.24, 2.45) is 0 Å². The third-order valence-corrected chi connectivity index (χ3v) is 6.31. The van der Waals surface area contributed by atoms with Crippen LogP contribution >= 0.6 is 0 Å². The third kappa shape index (κ3) is 5.30. The number of benzene rings is 1. The molecule has 0 unspecified atom stereocenters. The molecule has 1 fully saturated rings. The summed E-state index contributed by atoms with van der Waals surface area (Å²) in [7, 11) is 0. The zero-order valence-corrected chi connectivity index (χ0v) is 20.6. The highest BCUT2D eigenvalue weighted by Crippen LogP contribution is 2.32. The van der Waals surface area contributed by atoms with E-state index in [1.807, 2.05) is 0 Å². The molecule has 1 saturated carbocycles. The number of tetrazole rings is 1. The van der Waals surface area contributed by atoms with Gasteiger partial charge in [-0.3, -0.25) is 14.5 Å². The molecule has 0 bridgehead atoms. The van der Waals surface area contributed by atoms with Crippen LogP contribution in [0.25, 0.3) is 11.6 Å². The Morgan fingerprint density at radius 1 is 1.08 bits per heavy atom. The Labute approximate surface area is 212 Å². The molecule has 0 aliphatic heterocycles. The van der Waals surface area contributed by atoms with Crippen LogP contribution in [0.5, 0.6) is 0 Å². The van der Waals surface area contributed by atoms with Crippen LogP contribution in [0.15, 0.2) is 57.4 Å². The summed E-state index contributed by atoms with van der Waals surface area (Å²) in [5.41, 5.74) is -0.0601. The number of anilines is 1. The second kappa shape index (κ2) is 10.4. The maximum Gasteiger partial charge on any atom is 0.251 e. The molecule has 0 spiro atoms. The molecule has 10 nitrogen and oxygen atoms in total. The first-order valence-electron chi connectivity index (χ1n) is 12.2. The average molecular weight is 507 g/mol. The maximum atomic E-state index is 15.1. The molecule has 37 heavy (non-hydrogen) atoms. The summed E-state index contributed by atoms with van der Waals surface area (Å²) >= 11 is 0. The van der Waals surface area contributed by atoms with Gasteiger partial charge in [0, 0.05) is 6.04 Å². The van der Waals surface area contributed by atoms with Crippen molar-refractivity contribution in [1.29, 1.82) is 0 Å². The molecule has 4 aromatic rings. The van der Waals surface area contributed by atoms with Crippen LogP contribution in [0.1, 0.15) is 49.0 Å². The number of nitrogens with zero attached hydrogens (tertiary/aromatic N) is 5. The van der Waals surface area contributed by atoms with Gasteiger partial charge in [0.05, 0.1) is 5.69 Å². The van der Waals surface area contributed by atoms with E-state index in [1.54, 1.807) is 44.2 Å². The van der Waals surface area contributed by atoms with Crippen molar-refractivity contribution in [2.75, 3.05) is 4.90 Å². The molecule has 1 N–H and O–H groups in total. The number of hydrogen-bond donors (Lipinski definition) is 1. The average Bonchev–Trinajstić information content (AvgIpc) is 3.67. The van der Waals surface area contributed by atoms with Gasteiger partial charge in [-0.1, -0.05) is 25.0 Å². The molecular weight excluding hydrogens is 479 g/mol. The first kappa shape index (κ1) is 24.4. The number of aryl methyl sites for hydroxylation is 2. The Balaban J connectivity index is 1.50. The van der Waals surface area contributed by atoms with Crippen molar-refractivity contribution in [3.8, 4) is 11.6 Å². The number of hydrogen-bond acceptors (Lipinski definition) is 7. The zero-order valence-electron chi connectivity index (χ0n) is 20.6. The summed E-state index contributed by atoms with van der Waals surface area (Å²) in [6.07, 6.45) is 3.73. The lowest BCUT2D eigenvalue weighted by Gasteiger charge is -2.30. The molecular formula is C26H27FN6O4. The van der Waals surface area contributed by atoms with E-state index in [0.29, 0.717) is 17.3 Å². The van der Waals surface area contributed by atoms with Crippen molar-refractivity contribution in [3.63, 3.8) is 0 Å². The minimum atomic E-state index is -1.24. The Morgan fingerprint density at radius 3 is 2.49 bits per heavy atom. The molecule has 1 atom stereocenters. The number of halogens is 1. The highest BCUT2D eigenvalue weighted by molar-refractivity contribution is 6.01. The second-order valence-corrected chi connectivity index (χ2v) is 9.11. The van der Waals surface area contributed by atoms with E-state index < -0.39 is 30.2 Å². The summed E-state index contributed by atoms with van der Waals surface area (Å²) in [5.74, 6) is 0.349. The van der Waals surface area contributed by atoms with Crippen LogP contribution in [-0.2, 0) is 16.1 Å². The molecule has 2 amide bonds. The van der Waals surface area contributed by atoms with Gasteiger partial charge in [0.15, 0.2) is 11.8 Å². The monoisotopic (exact) mass is 506 g/mol. The highest BCUT2D eigenvalue weighted by atomic mass is 19.1. The SMILES string of the molecule is Cc1ccc(-c2nnn(CC(=O)N(c3ccccc3F)[C@@H](C(=O)NC3CCCC3)c3ccc(C)o3)n2)o1. The largest absolute Gasteiger partial charge is 0.464 e. The van der Waals surface area contributed by atoms with Gasteiger partial charge in [-0.25, -0.2) is 4.39 Å². The fourth-order valence-electron chi connectivity index (χ4n) is 4.55. The number of rotatable bonds is 8. The fraction of sp³-hybridized carbons (Fsp3) is 0.346. The number of carbonyl (C=O) groups excluding carboxylic acids is 2. The van der Waals surface area contributed by atoms with E-state index in [2.05, 4.69) is 20.7 Å². The predicted octanol–water partition coefficient (Wildman–Crippen LogP) is 4.12. The zero-order chi connectivity index (χ0) is 25.9. The van der Waals surface area contributed by atoms with Gasteiger partial charge in [0.1, 0.15) is 29.6 Å². The summed E-state index contributed by atoms with van der Waals surface area (Å²) in [5, 5.41) is 15.2. The lowest BCUT2D eigenvalue weighted by molar-refractivity contribution is -0.128. The van der Waals surface area contributed by atoms with Crippen molar-refractivity contribution < 1.29 is 22.8 Å². The van der Waals surface area contributed by atoms with Gasteiger partial charge in [0.25, 0.3) is 11.8 Å². The highest BCUT2D eigenvalue weighted by Gasteiger charge is 2.38. The summed E-state index contributed by atoms with van der Waals surface area (Å²) in [4.78, 5) is 29.6. The van der Waals surface area contributed by atoms with Crippen molar-refractivity contribution in [3.05, 3.63) is 71.6 Å². The maximum absolute atomic E-state index is 15.1. The summed E-state index contributed by atoms with van der Waals surface area (Å²) in [6.45, 7) is 3.13. The molecule has 3 heterocycles. The van der Waals surface area contributed by atoms with E-state index >= 15 is 4.39 Å². The third-order valence-electron chi connectivity index (χ3n) is 6.31. The van der Waals surface area contributed by atoms with Gasteiger partial charge in [-0.15, -0.1) is 10.2 Å². The van der Waals surface area contributed by atoms with Crippen molar-refractivity contribution in [2.45, 2.75) is 58.2 Å². The first-order chi connectivity index (χ1) is 17.9. The van der Waals surface area contributed by atoms with E-state index in [1.165, 1.54) is 18.2 Å². The van der Waals surface area contributed by atoms with Gasteiger partial charge in [-0.2, -0.15) is 4.80 Å². The quantitative estimate of drug-likeness (QED) is 0.382. The van der Waals surface area contributed by atoms with Gasteiger partial charge >= 0.3 is 0 Å². The van der Waals surface area contributed by atoms with Crippen LogP contribution in [0, 0.1) is 19.7 Å². The molecule has 0 radical (unpaired) electrons. The predicted molar refractivity (Wildman–Crippen MR) is 131 cm³/mol. The lowest BCUT2D eigenvalue weighted by atomic mass is 10.1. The number of aromatic nitrogens is 4. The molecule has 5 rings (SSSR count). The van der Waals surface area contributed by atoms with Crippen LogP contribution in [0.2, 0.25) is 0 Å². The van der Waals surface area contributed by atoms with E-state index in [4.69, 9.17) is 8.83 Å². The topological polar surface area (TPSA) is 119 Å². The van der Waals surface area contributed by atoms with Crippen LogP contribution in [-0.4, -0.2) is 38.1 Å². The van der Waals surface area contributed by atoms with E-state index in [0.717, 1.165) is 35.4 Å². The van der Waals surface area contributed by atoms with Gasteiger partial charge < -0.3 is 14.2 Å². The Bertz CT molecular complexity index is 1400. The van der Waals surface area contributed by atoms with Crippen molar-refractivity contribution >= 4 is 17.5 Å². The molecule has 1 aliphatic rings. The van der Waals surface area contributed by atoms with E-state index in [-0.39, 0.29) is 23.3 Å². The standard InChI is InChI=1S/C26H27FN6O4/c1-16-11-13-21(36-16)24(26(35)28-18-7-3-4-8-18)33(20-10-6-5-9-19(20)27)23(34)15-32-30-25(29-31-32)22-14-12-17(2)37-22/h5-6,9-14,18,24H,3-4,7-8,15H2,1-2H3,(H,28,35)/t24-/m1/s1. The molecule has 11 heteroatoms. The number of nitrogens with one attached hydrogen (secondary N) is 1. The van der Waals surface area contributed by atoms with Gasteiger partial charge in [-0.05, 0) is 68.3 Å².